The normalized spacial score (nSPS) is 13.5. The topological polar surface area (TPSA) is 58.6 Å². The second-order valence-electron chi connectivity index (χ2n) is 7.69. The Morgan fingerprint density at radius 1 is 0.938 bits per heavy atom. The standard InChI is InChI=1S/C26H26N2O3S/c1-19-17-22(26(30)28-13-15-32-16-14-28)9-12-24(19)27-25(29)21-7-10-23(11-8-21)31-18-20-5-3-2-4-6-20/h2-12,17H,13-16,18H2,1H3,(H,27,29). The molecule has 6 heteroatoms. The Morgan fingerprint density at radius 2 is 1.62 bits per heavy atom. The maximum atomic E-state index is 12.7. The molecule has 32 heavy (non-hydrogen) atoms. The molecule has 164 valence electrons. The Hall–Kier alpha value is -3.25. The molecule has 0 radical (unpaired) electrons. The zero-order valence-corrected chi connectivity index (χ0v) is 18.9. The van der Waals surface area contributed by atoms with E-state index in [2.05, 4.69) is 5.32 Å². The molecular formula is C26H26N2O3S. The molecule has 0 aliphatic carbocycles. The van der Waals surface area contributed by atoms with Gasteiger partial charge in [-0.05, 0) is 60.5 Å². The number of carbonyl (C=O) groups excluding carboxylic acids is 2. The van der Waals surface area contributed by atoms with Crippen LogP contribution in [0, 0.1) is 6.92 Å². The van der Waals surface area contributed by atoms with Gasteiger partial charge in [0.25, 0.3) is 11.8 Å². The van der Waals surface area contributed by atoms with Gasteiger partial charge in [-0.3, -0.25) is 9.59 Å². The summed E-state index contributed by atoms with van der Waals surface area (Å²) < 4.78 is 5.78. The van der Waals surface area contributed by atoms with Crippen LogP contribution in [-0.4, -0.2) is 41.3 Å². The summed E-state index contributed by atoms with van der Waals surface area (Å²) in [6.45, 7) is 3.95. The number of aryl methyl sites for hydroxylation is 1. The monoisotopic (exact) mass is 446 g/mol. The lowest BCUT2D eigenvalue weighted by molar-refractivity contribution is 0.0772. The van der Waals surface area contributed by atoms with Gasteiger partial charge in [0.1, 0.15) is 12.4 Å². The molecule has 0 bridgehead atoms. The summed E-state index contributed by atoms with van der Waals surface area (Å²) in [4.78, 5) is 27.3. The van der Waals surface area contributed by atoms with Crippen LogP contribution in [0.5, 0.6) is 5.75 Å². The van der Waals surface area contributed by atoms with Gasteiger partial charge in [-0.2, -0.15) is 11.8 Å². The number of ether oxygens (including phenoxy) is 1. The number of hydrogen-bond donors (Lipinski definition) is 1. The van der Waals surface area contributed by atoms with E-state index in [0.29, 0.717) is 29.2 Å². The zero-order valence-electron chi connectivity index (χ0n) is 18.0. The highest BCUT2D eigenvalue weighted by molar-refractivity contribution is 7.99. The molecule has 0 spiro atoms. The minimum absolute atomic E-state index is 0.0531. The van der Waals surface area contributed by atoms with Crippen LogP contribution in [0.4, 0.5) is 5.69 Å². The third kappa shape index (κ3) is 5.51. The summed E-state index contributed by atoms with van der Waals surface area (Å²) in [7, 11) is 0. The van der Waals surface area contributed by atoms with Crippen molar-refractivity contribution in [3.05, 3.63) is 95.1 Å². The molecule has 1 saturated heterocycles. The summed E-state index contributed by atoms with van der Waals surface area (Å²) in [5.74, 6) is 2.52. The molecule has 1 aliphatic heterocycles. The van der Waals surface area contributed by atoms with E-state index in [1.807, 2.05) is 60.0 Å². The van der Waals surface area contributed by atoms with E-state index in [1.54, 1.807) is 36.4 Å². The maximum Gasteiger partial charge on any atom is 0.255 e. The van der Waals surface area contributed by atoms with Gasteiger partial charge in [0, 0.05) is 41.4 Å². The van der Waals surface area contributed by atoms with Crippen molar-refractivity contribution in [1.82, 2.24) is 4.90 Å². The van der Waals surface area contributed by atoms with Crippen molar-refractivity contribution >= 4 is 29.3 Å². The zero-order chi connectivity index (χ0) is 22.3. The van der Waals surface area contributed by atoms with E-state index < -0.39 is 0 Å². The molecule has 1 N–H and O–H groups in total. The van der Waals surface area contributed by atoms with Gasteiger partial charge in [-0.15, -0.1) is 0 Å². The third-order valence-corrected chi connectivity index (χ3v) is 6.33. The first kappa shape index (κ1) is 22.0. The summed E-state index contributed by atoms with van der Waals surface area (Å²) in [6, 6.07) is 22.5. The second kappa shape index (κ2) is 10.4. The SMILES string of the molecule is Cc1cc(C(=O)N2CCSCC2)ccc1NC(=O)c1ccc(OCc2ccccc2)cc1. The number of anilines is 1. The van der Waals surface area contributed by atoms with E-state index in [-0.39, 0.29) is 11.8 Å². The van der Waals surface area contributed by atoms with Crippen LogP contribution in [-0.2, 0) is 6.61 Å². The van der Waals surface area contributed by atoms with Gasteiger partial charge < -0.3 is 15.0 Å². The van der Waals surface area contributed by atoms with Crippen molar-refractivity contribution in [1.29, 1.82) is 0 Å². The van der Waals surface area contributed by atoms with Crippen molar-refractivity contribution in [3.63, 3.8) is 0 Å². The highest BCUT2D eigenvalue weighted by Gasteiger charge is 2.19. The summed E-state index contributed by atoms with van der Waals surface area (Å²) >= 11 is 1.87. The lowest BCUT2D eigenvalue weighted by Gasteiger charge is -2.26. The first-order chi connectivity index (χ1) is 15.6. The fourth-order valence-corrected chi connectivity index (χ4v) is 4.43. The number of nitrogens with one attached hydrogen (secondary N) is 1. The highest BCUT2D eigenvalue weighted by Crippen LogP contribution is 2.21. The Bertz CT molecular complexity index is 1080. The average molecular weight is 447 g/mol. The fraction of sp³-hybridized carbons (Fsp3) is 0.231. The number of benzene rings is 3. The molecule has 1 fully saturated rings. The number of amides is 2. The number of carbonyl (C=O) groups is 2. The van der Waals surface area contributed by atoms with Gasteiger partial charge in [0.15, 0.2) is 0 Å². The largest absolute Gasteiger partial charge is 0.489 e. The quantitative estimate of drug-likeness (QED) is 0.578. The van der Waals surface area contributed by atoms with Crippen LogP contribution in [0.15, 0.2) is 72.8 Å². The van der Waals surface area contributed by atoms with E-state index in [1.165, 1.54) is 0 Å². The number of rotatable bonds is 6. The van der Waals surface area contributed by atoms with E-state index in [4.69, 9.17) is 4.74 Å². The molecule has 4 rings (SSSR count). The molecular weight excluding hydrogens is 420 g/mol. The Labute approximate surface area is 192 Å². The Balaban J connectivity index is 1.36. The number of hydrogen-bond acceptors (Lipinski definition) is 4. The maximum absolute atomic E-state index is 12.7. The van der Waals surface area contributed by atoms with Crippen molar-refractivity contribution in [2.24, 2.45) is 0 Å². The van der Waals surface area contributed by atoms with Crippen molar-refractivity contribution in [3.8, 4) is 5.75 Å². The third-order valence-electron chi connectivity index (χ3n) is 5.38. The average Bonchev–Trinajstić information content (AvgIpc) is 2.85. The van der Waals surface area contributed by atoms with Crippen molar-refractivity contribution in [2.75, 3.05) is 29.9 Å². The summed E-state index contributed by atoms with van der Waals surface area (Å²) in [5, 5.41) is 2.94. The van der Waals surface area contributed by atoms with Gasteiger partial charge in [-0.1, -0.05) is 30.3 Å². The van der Waals surface area contributed by atoms with Gasteiger partial charge in [0.2, 0.25) is 0 Å². The minimum Gasteiger partial charge on any atom is -0.489 e. The molecule has 3 aromatic carbocycles. The van der Waals surface area contributed by atoms with Crippen LogP contribution in [0.3, 0.4) is 0 Å². The van der Waals surface area contributed by atoms with Crippen molar-refractivity contribution in [2.45, 2.75) is 13.5 Å². The fourth-order valence-electron chi connectivity index (χ4n) is 3.52. The van der Waals surface area contributed by atoms with Crippen LogP contribution in [0.1, 0.15) is 31.8 Å². The minimum atomic E-state index is -0.199. The molecule has 5 nitrogen and oxygen atoms in total. The summed E-state index contributed by atoms with van der Waals surface area (Å²) in [5.41, 5.74) is 3.85. The lowest BCUT2D eigenvalue weighted by Crippen LogP contribution is -2.37. The molecule has 0 aromatic heterocycles. The molecule has 3 aromatic rings. The molecule has 2 amide bonds. The van der Waals surface area contributed by atoms with Gasteiger partial charge >= 0.3 is 0 Å². The molecule has 0 atom stereocenters. The predicted octanol–water partition coefficient (Wildman–Crippen LogP) is 5.02. The number of nitrogens with zero attached hydrogens (tertiary/aromatic N) is 1. The Morgan fingerprint density at radius 3 is 2.31 bits per heavy atom. The second-order valence-corrected chi connectivity index (χ2v) is 8.91. The Kier molecular flexibility index (Phi) is 7.12. The molecule has 0 unspecified atom stereocenters. The first-order valence-electron chi connectivity index (χ1n) is 10.7. The van der Waals surface area contributed by atoms with Crippen molar-refractivity contribution < 1.29 is 14.3 Å². The lowest BCUT2D eigenvalue weighted by atomic mass is 10.1. The first-order valence-corrected chi connectivity index (χ1v) is 11.8. The van der Waals surface area contributed by atoms with Crippen LogP contribution < -0.4 is 10.1 Å². The molecule has 1 heterocycles. The smallest absolute Gasteiger partial charge is 0.255 e. The van der Waals surface area contributed by atoms with Crippen LogP contribution in [0.2, 0.25) is 0 Å². The number of thioether (sulfide) groups is 1. The van der Waals surface area contributed by atoms with E-state index in [9.17, 15) is 9.59 Å². The van der Waals surface area contributed by atoms with E-state index >= 15 is 0 Å². The predicted molar refractivity (Wildman–Crippen MR) is 130 cm³/mol. The van der Waals surface area contributed by atoms with Crippen LogP contribution >= 0.6 is 11.8 Å². The van der Waals surface area contributed by atoms with Crippen LogP contribution in [0.25, 0.3) is 0 Å². The van der Waals surface area contributed by atoms with E-state index in [0.717, 1.165) is 35.7 Å². The molecule has 1 aliphatic rings. The molecule has 0 saturated carbocycles. The van der Waals surface area contributed by atoms with Gasteiger partial charge in [-0.25, -0.2) is 0 Å². The summed E-state index contributed by atoms with van der Waals surface area (Å²) in [6.07, 6.45) is 0. The van der Waals surface area contributed by atoms with Gasteiger partial charge in [0.05, 0.1) is 0 Å². The highest BCUT2D eigenvalue weighted by atomic mass is 32.2.